The van der Waals surface area contributed by atoms with Crippen molar-refractivity contribution in [1.82, 2.24) is 0 Å². The van der Waals surface area contributed by atoms with Crippen molar-refractivity contribution in [2.24, 2.45) is 0 Å². The Morgan fingerprint density at radius 1 is 1.18 bits per heavy atom. The van der Waals surface area contributed by atoms with Gasteiger partial charge in [-0.15, -0.1) is 0 Å². The highest BCUT2D eigenvalue weighted by atomic mass is 35.5. The van der Waals surface area contributed by atoms with E-state index < -0.39 is 4.75 Å². The second-order valence-corrected chi connectivity index (χ2v) is 9.49. The Balaban J connectivity index is 1.84. The molecule has 0 radical (unpaired) electrons. The van der Waals surface area contributed by atoms with Gasteiger partial charge in [0.25, 0.3) is 5.91 Å². The third-order valence-corrected chi connectivity index (χ3v) is 6.39. The first-order chi connectivity index (χ1) is 13.3. The maximum absolute atomic E-state index is 12.2. The van der Waals surface area contributed by atoms with E-state index in [4.69, 9.17) is 27.9 Å². The van der Waals surface area contributed by atoms with E-state index in [0.717, 1.165) is 19.3 Å². The molecule has 154 valence electrons. The van der Waals surface area contributed by atoms with Crippen LogP contribution in [0.2, 0.25) is 10.0 Å². The van der Waals surface area contributed by atoms with Crippen molar-refractivity contribution in [3.05, 3.63) is 40.1 Å². The average Bonchev–Trinajstić information content (AvgIpc) is 2.92. The van der Waals surface area contributed by atoms with E-state index in [1.54, 1.807) is 18.2 Å². The van der Waals surface area contributed by atoms with Crippen LogP contribution in [0.1, 0.15) is 58.8 Å². The van der Waals surface area contributed by atoms with Crippen LogP contribution in [0.5, 0.6) is 0 Å². The number of rotatable bonds is 11. The molecule has 0 bridgehead atoms. The first-order valence-corrected chi connectivity index (χ1v) is 11.2. The lowest BCUT2D eigenvalue weighted by atomic mass is 9.99. The summed E-state index contributed by atoms with van der Waals surface area (Å²) in [6, 6.07) is 4.85. The number of halogens is 2. The lowest BCUT2D eigenvalue weighted by molar-refractivity contribution is -0.119. The van der Waals surface area contributed by atoms with Crippen LogP contribution >= 0.6 is 35.0 Å². The number of nitrogens with one attached hydrogen (secondary N) is 1. The maximum atomic E-state index is 12.2. The Kier molecular flexibility index (Phi) is 9.19. The molecule has 1 aromatic carbocycles. The van der Waals surface area contributed by atoms with Gasteiger partial charge in [-0.1, -0.05) is 80.4 Å². The van der Waals surface area contributed by atoms with Gasteiger partial charge in [0.1, 0.15) is 5.76 Å². The van der Waals surface area contributed by atoms with E-state index in [1.807, 2.05) is 6.92 Å². The van der Waals surface area contributed by atoms with E-state index in [1.165, 1.54) is 43.5 Å². The molecule has 0 fully saturated rings. The third kappa shape index (κ3) is 7.02. The number of hydrogen-bond donors (Lipinski definition) is 1. The first kappa shape index (κ1) is 23.1. The van der Waals surface area contributed by atoms with Crippen molar-refractivity contribution >= 4 is 51.7 Å². The quantitative estimate of drug-likeness (QED) is 0.390. The molecule has 1 amide bonds. The van der Waals surface area contributed by atoms with Crippen molar-refractivity contribution in [3.8, 4) is 0 Å². The number of benzene rings is 1. The van der Waals surface area contributed by atoms with E-state index in [-0.39, 0.29) is 17.6 Å². The summed E-state index contributed by atoms with van der Waals surface area (Å²) >= 11 is 13.2. The Morgan fingerprint density at radius 2 is 1.89 bits per heavy atom. The lowest BCUT2D eigenvalue weighted by Crippen LogP contribution is -2.26. The molecule has 1 unspecified atom stereocenters. The summed E-state index contributed by atoms with van der Waals surface area (Å²) in [6.45, 7) is 4.03. The van der Waals surface area contributed by atoms with Crippen molar-refractivity contribution in [1.29, 1.82) is 0 Å². The summed E-state index contributed by atoms with van der Waals surface area (Å²) < 4.78 is 5.32. The van der Waals surface area contributed by atoms with Gasteiger partial charge in [-0.25, -0.2) is 0 Å². The average molecular weight is 444 g/mol. The second kappa shape index (κ2) is 11.1. The minimum atomic E-state index is -0.403. The normalized spacial score (nSPS) is 18.9. The van der Waals surface area contributed by atoms with Gasteiger partial charge in [-0.05, 0) is 31.5 Å². The molecule has 28 heavy (non-hydrogen) atoms. The predicted molar refractivity (Wildman–Crippen MR) is 118 cm³/mol. The second-order valence-electron chi connectivity index (χ2n) is 7.14. The van der Waals surface area contributed by atoms with Gasteiger partial charge in [0.2, 0.25) is 5.12 Å². The molecule has 1 N–H and O–H groups in total. The SMILES string of the molecule is CCCCCCCCC1(C)SC(=O)C=C1OCC(=O)Nc1ccc(Cl)cc1Cl. The minimum absolute atomic E-state index is 0.0235. The fourth-order valence-electron chi connectivity index (χ4n) is 3.09. The standard InChI is InChI=1S/C21H27Cl2NO3S/c1-3-4-5-6-7-8-11-21(2)18(13-20(26)28-21)27-14-19(25)24-17-10-9-15(22)12-16(17)23/h9-10,12-13H,3-8,11,14H2,1-2H3,(H,24,25). The fourth-order valence-corrected chi connectivity index (χ4v) is 4.62. The van der Waals surface area contributed by atoms with Gasteiger partial charge >= 0.3 is 0 Å². The smallest absolute Gasteiger partial charge is 0.262 e. The van der Waals surface area contributed by atoms with Gasteiger partial charge in [0.15, 0.2) is 6.61 Å². The zero-order valence-corrected chi connectivity index (χ0v) is 18.7. The Bertz CT molecular complexity index is 738. The number of carbonyl (C=O) groups excluding carboxylic acids is 2. The fraction of sp³-hybridized carbons (Fsp3) is 0.524. The summed E-state index contributed by atoms with van der Waals surface area (Å²) in [4.78, 5) is 24.1. The molecule has 1 atom stereocenters. The van der Waals surface area contributed by atoms with Crippen molar-refractivity contribution in [2.75, 3.05) is 11.9 Å². The molecule has 4 nitrogen and oxygen atoms in total. The Hall–Kier alpha value is -1.17. The molecule has 7 heteroatoms. The van der Waals surface area contributed by atoms with Crippen molar-refractivity contribution in [2.45, 2.75) is 63.5 Å². The number of carbonyl (C=O) groups is 2. The van der Waals surface area contributed by atoms with Gasteiger partial charge in [-0.2, -0.15) is 0 Å². The third-order valence-electron chi connectivity index (χ3n) is 4.67. The van der Waals surface area contributed by atoms with Gasteiger partial charge in [-0.3, -0.25) is 9.59 Å². The predicted octanol–water partition coefficient (Wildman–Crippen LogP) is 6.62. The van der Waals surface area contributed by atoms with Crippen LogP contribution in [-0.2, 0) is 14.3 Å². The molecule has 1 aliphatic heterocycles. The number of anilines is 1. The van der Waals surface area contributed by atoms with Crippen molar-refractivity contribution < 1.29 is 14.3 Å². The van der Waals surface area contributed by atoms with Crippen LogP contribution in [0, 0.1) is 0 Å². The monoisotopic (exact) mass is 443 g/mol. The highest BCUT2D eigenvalue weighted by molar-refractivity contribution is 8.15. The van der Waals surface area contributed by atoms with Gasteiger partial charge in [0, 0.05) is 11.1 Å². The molecule has 0 aliphatic carbocycles. The molecule has 0 saturated heterocycles. The van der Waals surface area contributed by atoms with E-state index in [9.17, 15) is 9.59 Å². The zero-order valence-electron chi connectivity index (χ0n) is 16.4. The van der Waals surface area contributed by atoms with Crippen molar-refractivity contribution in [3.63, 3.8) is 0 Å². The number of ether oxygens (including phenoxy) is 1. The molecule has 0 spiro atoms. The Labute approximate surface area is 181 Å². The summed E-state index contributed by atoms with van der Waals surface area (Å²) in [5, 5.41) is 3.53. The summed E-state index contributed by atoms with van der Waals surface area (Å²) in [6.07, 6.45) is 9.51. The Morgan fingerprint density at radius 3 is 2.61 bits per heavy atom. The summed E-state index contributed by atoms with van der Waals surface area (Å²) in [5.41, 5.74) is 0.473. The van der Waals surface area contributed by atoms with Crippen LogP contribution in [0.25, 0.3) is 0 Å². The highest BCUT2D eigenvalue weighted by Crippen LogP contribution is 2.44. The van der Waals surface area contributed by atoms with Crippen LogP contribution in [0.15, 0.2) is 30.0 Å². The molecule has 2 rings (SSSR count). The number of amides is 1. The van der Waals surface area contributed by atoms with Gasteiger partial charge in [0.05, 0.1) is 15.5 Å². The molecular weight excluding hydrogens is 417 g/mol. The highest BCUT2D eigenvalue weighted by Gasteiger charge is 2.39. The molecule has 1 aliphatic rings. The number of hydrogen-bond acceptors (Lipinski definition) is 4. The number of thioether (sulfide) groups is 1. The molecule has 0 aromatic heterocycles. The largest absolute Gasteiger partial charge is 0.486 e. The molecule has 1 heterocycles. The van der Waals surface area contributed by atoms with E-state index in [0.29, 0.717) is 21.5 Å². The lowest BCUT2D eigenvalue weighted by Gasteiger charge is -2.26. The van der Waals surface area contributed by atoms with Gasteiger partial charge < -0.3 is 10.1 Å². The van der Waals surface area contributed by atoms with Crippen LogP contribution < -0.4 is 5.32 Å². The van der Waals surface area contributed by atoms with E-state index in [2.05, 4.69) is 12.2 Å². The maximum Gasteiger partial charge on any atom is 0.262 e. The molecular formula is C21H27Cl2NO3S. The van der Waals surface area contributed by atoms with Crippen LogP contribution in [0.4, 0.5) is 5.69 Å². The summed E-state index contributed by atoms with van der Waals surface area (Å²) in [5.74, 6) is 0.241. The summed E-state index contributed by atoms with van der Waals surface area (Å²) in [7, 11) is 0. The topological polar surface area (TPSA) is 55.4 Å². The molecule has 0 saturated carbocycles. The van der Waals surface area contributed by atoms with E-state index >= 15 is 0 Å². The zero-order chi connectivity index (χ0) is 20.6. The molecule has 1 aromatic rings. The minimum Gasteiger partial charge on any atom is -0.486 e. The first-order valence-electron chi connectivity index (χ1n) is 9.67. The van der Waals surface area contributed by atoms with Crippen LogP contribution in [0.3, 0.4) is 0 Å². The van der Waals surface area contributed by atoms with Crippen LogP contribution in [-0.4, -0.2) is 22.4 Å². The number of unbranched alkanes of at least 4 members (excludes halogenated alkanes) is 5.